The van der Waals surface area contributed by atoms with Crippen molar-refractivity contribution in [1.29, 1.82) is 5.26 Å². The summed E-state index contributed by atoms with van der Waals surface area (Å²) in [6, 6.07) is 6.96. The molecule has 1 atom stereocenters. The molecule has 1 aliphatic rings. The van der Waals surface area contributed by atoms with Crippen molar-refractivity contribution in [3.63, 3.8) is 0 Å². The van der Waals surface area contributed by atoms with Gasteiger partial charge in [0.1, 0.15) is 6.04 Å². The number of benzene rings is 1. The minimum Gasteiger partial charge on any atom is -0.323 e. The van der Waals surface area contributed by atoms with E-state index >= 15 is 0 Å². The van der Waals surface area contributed by atoms with Crippen LogP contribution in [0.4, 0.5) is 0 Å². The van der Waals surface area contributed by atoms with Crippen LogP contribution in [0, 0.1) is 11.3 Å². The van der Waals surface area contributed by atoms with E-state index in [9.17, 15) is 4.79 Å². The van der Waals surface area contributed by atoms with Crippen molar-refractivity contribution >= 4 is 33.4 Å². The van der Waals surface area contributed by atoms with Gasteiger partial charge in [-0.15, -0.1) is 0 Å². The largest absolute Gasteiger partial charge is 0.323 e. The van der Waals surface area contributed by atoms with Gasteiger partial charge in [-0.05, 0) is 53.4 Å². The quantitative estimate of drug-likeness (QED) is 0.790. The van der Waals surface area contributed by atoms with Crippen molar-refractivity contribution < 1.29 is 4.79 Å². The van der Waals surface area contributed by atoms with Crippen LogP contribution in [0.15, 0.2) is 22.7 Å². The smallest absolute Gasteiger partial charge is 0.256 e. The Balaban J connectivity index is 2.27. The molecule has 1 heterocycles. The molecule has 0 bridgehead atoms. The maximum absolute atomic E-state index is 12.4. The second-order valence-corrected chi connectivity index (χ2v) is 5.55. The zero-order chi connectivity index (χ0) is 13.1. The van der Waals surface area contributed by atoms with Crippen LogP contribution in [0.5, 0.6) is 0 Å². The van der Waals surface area contributed by atoms with Crippen LogP contribution in [0.3, 0.4) is 0 Å². The first-order valence-corrected chi connectivity index (χ1v) is 6.96. The van der Waals surface area contributed by atoms with Crippen LogP contribution in [0.1, 0.15) is 29.6 Å². The van der Waals surface area contributed by atoms with Crippen molar-refractivity contribution in [2.45, 2.75) is 25.3 Å². The minimum atomic E-state index is -0.311. The second-order valence-electron chi connectivity index (χ2n) is 4.26. The molecule has 1 unspecified atom stereocenters. The Labute approximate surface area is 119 Å². The summed E-state index contributed by atoms with van der Waals surface area (Å²) in [5.41, 5.74) is 0.557. The highest BCUT2D eigenvalue weighted by molar-refractivity contribution is 9.10. The van der Waals surface area contributed by atoms with E-state index in [0.29, 0.717) is 21.6 Å². The van der Waals surface area contributed by atoms with Gasteiger partial charge in [-0.3, -0.25) is 4.79 Å². The molecule has 1 fully saturated rings. The lowest BCUT2D eigenvalue weighted by Gasteiger charge is -2.31. The van der Waals surface area contributed by atoms with Gasteiger partial charge in [0.05, 0.1) is 11.6 Å². The first-order chi connectivity index (χ1) is 8.63. The number of nitriles is 1. The summed E-state index contributed by atoms with van der Waals surface area (Å²) >= 11 is 9.20. The highest BCUT2D eigenvalue weighted by atomic mass is 79.9. The van der Waals surface area contributed by atoms with Crippen molar-refractivity contribution in [1.82, 2.24) is 4.90 Å². The van der Waals surface area contributed by atoms with E-state index in [1.54, 1.807) is 23.1 Å². The Morgan fingerprint density at radius 1 is 1.50 bits per heavy atom. The summed E-state index contributed by atoms with van der Waals surface area (Å²) in [7, 11) is 0. The lowest BCUT2D eigenvalue weighted by atomic mass is 10.0. The zero-order valence-corrected chi connectivity index (χ0v) is 12.0. The Morgan fingerprint density at radius 3 is 2.94 bits per heavy atom. The summed E-state index contributed by atoms with van der Waals surface area (Å²) in [6.45, 7) is 0.645. The zero-order valence-electron chi connectivity index (χ0n) is 9.70. The normalized spacial score (nSPS) is 19.4. The molecule has 1 amide bonds. The van der Waals surface area contributed by atoms with Crippen LogP contribution in [-0.2, 0) is 0 Å². The summed E-state index contributed by atoms with van der Waals surface area (Å²) in [4.78, 5) is 14.1. The molecule has 18 heavy (non-hydrogen) atoms. The number of halogens is 2. The van der Waals surface area contributed by atoms with Gasteiger partial charge >= 0.3 is 0 Å². The van der Waals surface area contributed by atoms with Crippen LogP contribution in [0.25, 0.3) is 0 Å². The molecule has 2 rings (SSSR count). The third-order valence-corrected chi connectivity index (χ3v) is 3.97. The van der Waals surface area contributed by atoms with Gasteiger partial charge < -0.3 is 4.90 Å². The number of carbonyl (C=O) groups excluding carboxylic acids is 1. The summed E-state index contributed by atoms with van der Waals surface area (Å²) in [6.07, 6.45) is 2.71. The molecule has 0 spiro atoms. The van der Waals surface area contributed by atoms with Gasteiger partial charge in [-0.25, -0.2) is 0 Å². The minimum absolute atomic E-state index is 0.107. The number of amides is 1. The summed E-state index contributed by atoms with van der Waals surface area (Å²) in [5, 5.41) is 9.67. The van der Waals surface area contributed by atoms with E-state index in [0.717, 1.165) is 19.3 Å². The lowest BCUT2D eigenvalue weighted by Crippen LogP contribution is -2.43. The summed E-state index contributed by atoms with van der Waals surface area (Å²) < 4.78 is 0.669. The molecular formula is C13H12BrClN2O. The average Bonchev–Trinajstić information content (AvgIpc) is 2.38. The van der Waals surface area contributed by atoms with Gasteiger partial charge in [-0.2, -0.15) is 5.26 Å². The van der Waals surface area contributed by atoms with Crippen LogP contribution in [-0.4, -0.2) is 23.4 Å². The molecule has 0 aliphatic carbocycles. The fraction of sp³-hybridized carbons (Fsp3) is 0.385. The molecule has 1 aliphatic heterocycles. The van der Waals surface area contributed by atoms with Gasteiger partial charge in [0.15, 0.2) is 0 Å². The Morgan fingerprint density at radius 2 is 2.28 bits per heavy atom. The molecular weight excluding hydrogens is 316 g/mol. The Bertz CT molecular complexity index is 512. The van der Waals surface area contributed by atoms with E-state index < -0.39 is 0 Å². The molecule has 5 heteroatoms. The Kier molecular flexibility index (Phi) is 4.26. The monoisotopic (exact) mass is 326 g/mol. The molecule has 1 aromatic carbocycles. The molecule has 0 N–H and O–H groups in total. The molecule has 0 aromatic heterocycles. The van der Waals surface area contributed by atoms with Crippen molar-refractivity contribution in [3.05, 3.63) is 33.3 Å². The molecule has 0 saturated carbocycles. The average molecular weight is 328 g/mol. The van der Waals surface area contributed by atoms with E-state index in [4.69, 9.17) is 16.9 Å². The topological polar surface area (TPSA) is 44.1 Å². The van der Waals surface area contributed by atoms with E-state index in [2.05, 4.69) is 22.0 Å². The maximum Gasteiger partial charge on any atom is 0.256 e. The fourth-order valence-corrected chi connectivity index (χ4v) is 2.98. The third kappa shape index (κ3) is 2.68. The number of likely N-dealkylation sites (tertiary alicyclic amines) is 1. The first kappa shape index (κ1) is 13.4. The number of piperidine rings is 1. The predicted molar refractivity (Wildman–Crippen MR) is 73.4 cm³/mol. The first-order valence-electron chi connectivity index (χ1n) is 5.79. The standard InChI is InChI=1S/C13H12BrClN2O/c14-12-7-9(15)4-5-11(12)13(18)17-6-2-1-3-10(17)8-16/h4-5,7,10H,1-3,6H2. The highest BCUT2D eigenvalue weighted by Crippen LogP contribution is 2.25. The van der Waals surface area contributed by atoms with Crippen LogP contribution < -0.4 is 0 Å². The van der Waals surface area contributed by atoms with E-state index in [1.165, 1.54) is 0 Å². The van der Waals surface area contributed by atoms with Crippen LogP contribution in [0.2, 0.25) is 5.02 Å². The van der Waals surface area contributed by atoms with E-state index in [1.807, 2.05) is 0 Å². The number of hydrogen-bond acceptors (Lipinski definition) is 2. The van der Waals surface area contributed by atoms with Gasteiger partial charge in [0.25, 0.3) is 5.91 Å². The maximum atomic E-state index is 12.4. The van der Waals surface area contributed by atoms with Gasteiger partial charge in [0, 0.05) is 16.0 Å². The van der Waals surface area contributed by atoms with Crippen LogP contribution >= 0.6 is 27.5 Å². The number of nitrogens with zero attached hydrogens (tertiary/aromatic N) is 2. The van der Waals surface area contributed by atoms with Gasteiger partial charge in [-0.1, -0.05) is 11.6 Å². The molecule has 0 radical (unpaired) electrons. The molecule has 1 saturated heterocycles. The highest BCUT2D eigenvalue weighted by Gasteiger charge is 2.28. The lowest BCUT2D eigenvalue weighted by molar-refractivity contribution is 0.0669. The molecule has 1 aromatic rings. The SMILES string of the molecule is N#CC1CCCCN1C(=O)c1ccc(Cl)cc1Br. The number of hydrogen-bond donors (Lipinski definition) is 0. The molecule has 3 nitrogen and oxygen atoms in total. The van der Waals surface area contributed by atoms with Gasteiger partial charge in [0.2, 0.25) is 0 Å². The number of rotatable bonds is 1. The number of carbonyl (C=O) groups is 1. The third-order valence-electron chi connectivity index (χ3n) is 3.07. The van der Waals surface area contributed by atoms with Crippen molar-refractivity contribution in [2.75, 3.05) is 6.54 Å². The molecule has 94 valence electrons. The van der Waals surface area contributed by atoms with E-state index in [-0.39, 0.29) is 11.9 Å². The summed E-state index contributed by atoms with van der Waals surface area (Å²) in [5.74, 6) is -0.107. The second kappa shape index (κ2) is 5.73. The van der Waals surface area contributed by atoms with Crippen molar-refractivity contribution in [2.24, 2.45) is 0 Å². The Hall–Kier alpha value is -1.05. The fourth-order valence-electron chi connectivity index (χ4n) is 2.13. The predicted octanol–water partition coefficient (Wildman–Crippen LogP) is 3.62. The van der Waals surface area contributed by atoms with Crippen molar-refractivity contribution in [3.8, 4) is 6.07 Å².